The largest absolute Gasteiger partial charge is 0.463 e. The van der Waals surface area contributed by atoms with Crippen molar-refractivity contribution in [3.63, 3.8) is 0 Å². The summed E-state index contributed by atoms with van der Waals surface area (Å²) in [6.07, 6.45) is 7.30. The van der Waals surface area contributed by atoms with Crippen LogP contribution in [0, 0.1) is 5.92 Å². The maximum absolute atomic E-state index is 11.0. The van der Waals surface area contributed by atoms with Gasteiger partial charge in [-0.1, -0.05) is 24.3 Å². The maximum atomic E-state index is 11.0. The molecule has 164 valence electrons. The number of amides is 1. The van der Waals surface area contributed by atoms with Gasteiger partial charge in [0, 0.05) is 19.0 Å². The molecule has 0 unspecified atom stereocenters. The Bertz CT molecular complexity index is 976. The molecule has 1 aromatic heterocycles. The molecule has 1 amide bonds. The van der Waals surface area contributed by atoms with Gasteiger partial charge < -0.3 is 15.8 Å². The smallest absolute Gasteiger partial charge is 0.246 e. The molecule has 0 saturated heterocycles. The highest BCUT2D eigenvalue weighted by Gasteiger charge is 2.35. The van der Waals surface area contributed by atoms with Gasteiger partial charge in [-0.05, 0) is 63.4 Å². The van der Waals surface area contributed by atoms with E-state index >= 15 is 0 Å². The van der Waals surface area contributed by atoms with E-state index in [4.69, 9.17) is 15.5 Å². The van der Waals surface area contributed by atoms with Crippen molar-refractivity contribution in [2.75, 3.05) is 12.3 Å². The molecule has 0 bridgehead atoms. The Morgan fingerprint density at radius 1 is 1.16 bits per heavy atom. The number of nitrogens with two attached hydrogens (primary N) is 1. The summed E-state index contributed by atoms with van der Waals surface area (Å²) in [5.74, 6) is 2.11. The van der Waals surface area contributed by atoms with Crippen molar-refractivity contribution in [1.29, 1.82) is 0 Å². The Labute approximate surface area is 183 Å². The molecule has 2 heterocycles. The summed E-state index contributed by atoms with van der Waals surface area (Å²) >= 11 is 0. The van der Waals surface area contributed by atoms with Gasteiger partial charge in [-0.25, -0.2) is 9.98 Å². The number of fused-ring (bicyclic) bond motifs is 1. The maximum Gasteiger partial charge on any atom is 0.246 e. The molecule has 7 nitrogen and oxygen atoms in total. The zero-order chi connectivity index (χ0) is 22.0. The van der Waals surface area contributed by atoms with Crippen molar-refractivity contribution in [3.05, 3.63) is 41.7 Å². The highest BCUT2D eigenvalue weighted by atomic mass is 16.5. The normalized spacial score (nSPS) is 22.1. The zero-order valence-electron chi connectivity index (χ0n) is 18.5. The molecule has 0 spiro atoms. The number of hydrogen-bond donors (Lipinski definition) is 2. The van der Waals surface area contributed by atoms with E-state index in [0.29, 0.717) is 29.2 Å². The van der Waals surface area contributed by atoms with Crippen molar-refractivity contribution < 1.29 is 9.53 Å². The number of nitrogens with one attached hydrogen (secondary N) is 1. The predicted octanol–water partition coefficient (Wildman–Crippen LogP) is 4.15. The highest BCUT2D eigenvalue weighted by molar-refractivity contribution is 6.09. The van der Waals surface area contributed by atoms with Crippen LogP contribution in [0.15, 0.2) is 35.6 Å². The number of carbonyl (C=O) groups is 1. The van der Waals surface area contributed by atoms with Crippen LogP contribution in [0.3, 0.4) is 0 Å². The number of aliphatic imine (C=N–C) groups is 1. The first-order chi connectivity index (χ1) is 14.8. The van der Waals surface area contributed by atoms with E-state index in [1.165, 1.54) is 37.6 Å². The Morgan fingerprint density at radius 2 is 1.87 bits per heavy atom. The van der Waals surface area contributed by atoms with Crippen LogP contribution in [-0.4, -0.2) is 33.7 Å². The summed E-state index contributed by atoms with van der Waals surface area (Å²) < 4.78 is 6.08. The minimum atomic E-state index is -0.610. The van der Waals surface area contributed by atoms with Crippen LogP contribution in [0.4, 0.5) is 11.5 Å². The summed E-state index contributed by atoms with van der Waals surface area (Å²) in [7, 11) is 0. The first-order valence-electron chi connectivity index (χ1n) is 11.1. The van der Waals surface area contributed by atoms with E-state index in [1.807, 2.05) is 13.8 Å². The van der Waals surface area contributed by atoms with Crippen LogP contribution < -0.4 is 15.8 Å². The third kappa shape index (κ3) is 4.70. The fourth-order valence-corrected chi connectivity index (χ4v) is 4.65. The van der Waals surface area contributed by atoms with Crippen LogP contribution in [0.2, 0.25) is 0 Å². The van der Waals surface area contributed by atoms with E-state index < -0.39 is 5.60 Å². The molecule has 1 saturated carbocycles. The average molecular weight is 422 g/mol. The second-order valence-corrected chi connectivity index (χ2v) is 9.10. The van der Waals surface area contributed by atoms with Gasteiger partial charge in [0.15, 0.2) is 11.5 Å². The van der Waals surface area contributed by atoms with Gasteiger partial charge in [-0.3, -0.25) is 4.79 Å². The van der Waals surface area contributed by atoms with Gasteiger partial charge in [0.2, 0.25) is 11.8 Å². The Hall–Kier alpha value is -2.96. The monoisotopic (exact) mass is 421 g/mol. The summed E-state index contributed by atoms with van der Waals surface area (Å²) in [6.45, 7) is 6.35. The first-order valence-corrected chi connectivity index (χ1v) is 11.1. The lowest BCUT2D eigenvalue weighted by atomic mass is 9.77. The number of carbonyl (C=O) groups excluding carboxylic acids is 1. The molecule has 1 aliphatic carbocycles. The third-order valence-electron chi connectivity index (χ3n) is 6.39. The fraction of sp³-hybridized carbons (Fsp3) is 0.500. The second kappa shape index (κ2) is 8.65. The summed E-state index contributed by atoms with van der Waals surface area (Å²) in [5.41, 5.74) is 9.10. The van der Waals surface area contributed by atoms with Crippen molar-refractivity contribution in [2.45, 2.75) is 64.4 Å². The average Bonchev–Trinajstić information content (AvgIpc) is 2.73. The van der Waals surface area contributed by atoms with Crippen molar-refractivity contribution >= 4 is 23.1 Å². The van der Waals surface area contributed by atoms with Crippen LogP contribution in [0.5, 0.6) is 5.88 Å². The molecule has 2 aromatic rings. The summed E-state index contributed by atoms with van der Waals surface area (Å²) in [5, 5.41) is 2.91. The van der Waals surface area contributed by atoms with Crippen LogP contribution in [-0.2, 0) is 4.79 Å². The summed E-state index contributed by atoms with van der Waals surface area (Å²) in [4.78, 5) is 24.0. The molecule has 7 heteroatoms. The number of hydrogen-bond acceptors (Lipinski definition) is 6. The predicted molar refractivity (Wildman–Crippen MR) is 122 cm³/mol. The first kappa shape index (κ1) is 21.3. The van der Waals surface area contributed by atoms with Gasteiger partial charge in [0.05, 0.1) is 5.71 Å². The molecule has 2 aliphatic rings. The molecule has 0 radical (unpaired) electrons. The quantitative estimate of drug-likeness (QED) is 0.755. The van der Waals surface area contributed by atoms with Crippen molar-refractivity contribution in [3.8, 4) is 5.88 Å². The summed E-state index contributed by atoms with van der Waals surface area (Å²) in [6, 6.07) is 8.70. The number of rotatable bonds is 5. The van der Waals surface area contributed by atoms with E-state index in [2.05, 4.69) is 39.6 Å². The van der Waals surface area contributed by atoms with Crippen LogP contribution in [0.1, 0.15) is 69.9 Å². The van der Waals surface area contributed by atoms with Gasteiger partial charge in [-0.15, -0.1) is 0 Å². The minimum absolute atomic E-state index is 0.0589. The van der Waals surface area contributed by atoms with E-state index in [1.54, 1.807) is 6.92 Å². The number of benzene rings is 1. The molecular weight excluding hydrogens is 390 g/mol. The molecule has 3 N–H and O–H groups in total. The number of nitrogen functional groups attached to an aromatic ring is 1. The lowest BCUT2D eigenvalue weighted by molar-refractivity contribution is -0.119. The molecule has 4 rings (SSSR count). The highest BCUT2D eigenvalue weighted by Crippen LogP contribution is 2.40. The molecule has 1 aliphatic heterocycles. The van der Waals surface area contributed by atoms with Crippen molar-refractivity contribution in [2.24, 2.45) is 10.9 Å². The number of aromatic nitrogens is 2. The second-order valence-electron chi connectivity index (χ2n) is 9.10. The number of ether oxygens (including phenoxy) is 1. The van der Waals surface area contributed by atoms with Crippen LogP contribution >= 0.6 is 0 Å². The van der Waals surface area contributed by atoms with E-state index in [-0.39, 0.29) is 5.91 Å². The number of anilines is 1. The lowest BCUT2D eigenvalue weighted by Gasteiger charge is -2.32. The van der Waals surface area contributed by atoms with Gasteiger partial charge in [0.1, 0.15) is 11.9 Å². The van der Waals surface area contributed by atoms with Crippen molar-refractivity contribution in [1.82, 2.24) is 15.3 Å². The lowest BCUT2D eigenvalue weighted by Crippen LogP contribution is -2.41. The standard InChI is InChI=1S/C24H31N5O2/c1-15(30)26-13-12-16-4-6-17(7-5-16)18-8-10-19(11-9-18)21-24(2,3)31-23-20(29-21)22(25)27-14-28-23/h8-11,14,16-17H,4-7,12-13H2,1-3H3,(H,26,30)(H2,25,27,28). The van der Waals surface area contributed by atoms with E-state index in [0.717, 1.165) is 24.2 Å². The Kier molecular flexibility index (Phi) is 5.94. The molecule has 1 fully saturated rings. The Balaban J connectivity index is 1.44. The van der Waals surface area contributed by atoms with Gasteiger partial charge >= 0.3 is 0 Å². The fourth-order valence-electron chi connectivity index (χ4n) is 4.65. The number of nitrogens with zero attached hydrogens (tertiary/aromatic N) is 3. The van der Waals surface area contributed by atoms with Crippen LogP contribution in [0.25, 0.3) is 0 Å². The molecule has 1 aromatic carbocycles. The SMILES string of the molecule is CC(=O)NCCC1CCC(c2ccc(C3=Nc4c(N)ncnc4OC3(C)C)cc2)CC1. The van der Waals surface area contributed by atoms with Gasteiger partial charge in [-0.2, -0.15) is 4.98 Å². The van der Waals surface area contributed by atoms with Gasteiger partial charge in [0.25, 0.3) is 0 Å². The molecule has 31 heavy (non-hydrogen) atoms. The molecular formula is C24H31N5O2. The third-order valence-corrected chi connectivity index (χ3v) is 6.39. The molecule has 0 atom stereocenters. The van der Waals surface area contributed by atoms with E-state index in [9.17, 15) is 4.79 Å². The zero-order valence-corrected chi connectivity index (χ0v) is 18.5. The minimum Gasteiger partial charge on any atom is -0.463 e. The Morgan fingerprint density at radius 3 is 2.55 bits per heavy atom. The topological polar surface area (TPSA) is 102 Å².